The number of hydrogen-bond donors (Lipinski definition) is 0. The predicted molar refractivity (Wildman–Crippen MR) is 309 cm³/mol. The van der Waals surface area contributed by atoms with Crippen molar-refractivity contribution < 1.29 is 0 Å². The van der Waals surface area contributed by atoms with Gasteiger partial charge in [-0.1, -0.05) is 212 Å². The largest absolute Gasteiger partial charge is 0.292 e. The number of hydrogen-bond acceptors (Lipinski definition) is 2. The normalized spacial score (nSPS) is 11.5. The fourth-order valence-corrected chi connectivity index (χ4v) is 11.1. The minimum Gasteiger partial charge on any atom is -0.292 e. The van der Waals surface area contributed by atoms with Crippen LogP contribution in [0.1, 0.15) is 0 Å². The Balaban J connectivity index is 0.918. The van der Waals surface area contributed by atoms with E-state index in [0.29, 0.717) is 0 Å². The highest BCUT2D eigenvalue weighted by molar-refractivity contribution is 6.22. The summed E-state index contributed by atoms with van der Waals surface area (Å²) in [5, 5.41) is 4.82. The van der Waals surface area contributed by atoms with E-state index in [2.05, 4.69) is 288 Å². The lowest BCUT2D eigenvalue weighted by atomic mass is 9.84. The molecule has 0 unspecified atom stereocenters. The molecule has 0 N–H and O–H groups in total. The molecule has 0 atom stereocenters. The van der Waals surface area contributed by atoms with E-state index in [0.717, 1.165) is 89.6 Å². The Hall–Kier alpha value is -9.90. The molecule has 74 heavy (non-hydrogen) atoms. The van der Waals surface area contributed by atoms with E-state index in [9.17, 15) is 0 Å². The Morgan fingerprint density at radius 3 is 0.919 bits per heavy atom. The lowest BCUT2D eigenvalue weighted by Gasteiger charge is -2.20. The van der Waals surface area contributed by atoms with Crippen LogP contribution in [0, 0.1) is 0 Å². The van der Waals surface area contributed by atoms with Crippen molar-refractivity contribution in [3.8, 4) is 89.8 Å². The monoisotopic (exact) mass is 942 g/mol. The van der Waals surface area contributed by atoms with Crippen molar-refractivity contribution in [3.05, 3.63) is 279 Å². The van der Waals surface area contributed by atoms with Gasteiger partial charge < -0.3 is 0 Å². The number of benzene rings is 12. The number of fused-ring (bicyclic) bond motifs is 4. The summed E-state index contributed by atoms with van der Waals surface area (Å²) in [7, 11) is 0. The Morgan fingerprint density at radius 2 is 0.527 bits per heavy atom. The second-order valence-electron chi connectivity index (χ2n) is 18.9. The molecule has 4 heteroatoms. The maximum atomic E-state index is 5.32. The number of aromatic nitrogens is 4. The summed E-state index contributed by atoms with van der Waals surface area (Å²) in [4.78, 5) is 10.6. The fourth-order valence-electron chi connectivity index (χ4n) is 11.1. The van der Waals surface area contributed by atoms with E-state index >= 15 is 0 Å². The second-order valence-corrected chi connectivity index (χ2v) is 18.9. The van der Waals surface area contributed by atoms with E-state index in [1.165, 1.54) is 43.8 Å². The molecular formula is C70H46N4. The third-order valence-corrected chi connectivity index (χ3v) is 14.5. The quantitative estimate of drug-likeness (QED) is 0.135. The second kappa shape index (κ2) is 18.1. The first kappa shape index (κ1) is 42.9. The van der Waals surface area contributed by atoms with Crippen molar-refractivity contribution in [1.82, 2.24) is 19.1 Å². The molecule has 12 aromatic carbocycles. The lowest BCUT2D eigenvalue weighted by molar-refractivity contribution is 1.10. The average Bonchev–Trinajstić information content (AvgIpc) is 4.10. The minimum absolute atomic E-state index is 0.921. The maximum absolute atomic E-state index is 5.32. The van der Waals surface area contributed by atoms with Gasteiger partial charge in [0.05, 0.1) is 22.1 Å². The highest BCUT2D eigenvalue weighted by Gasteiger charge is 2.21. The number of rotatable bonds is 9. The number of para-hydroxylation sites is 2. The predicted octanol–water partition coefficient (Wildman–Crippen LogP) is 18.3. The van der Waals surface area contributed by atoms with Gasteiger partial charge >= 0.3 is 0 Å². The van der Waals surface area contributed by atoms with Crippen molar-refractivity contribution >= 4 is 43.6 Å². The topological polar surface area (TPSA) is 35.6 Å². The molecule has 0 aliphatic rings. The van der Waals surface area contributed by atoms with Crippen LogP contribution in [0.3, 0.4) is 0 Å². The lowest BCUT2D eigenvalue weighted by Crippen LogP contribution is -1.97. The van der Waals surface area contributed by atoms with Gasteiger partial charge in [-0.05, 0) is 144 Å². The molecule has 14 rings (SSSR count). The molecule has 2 aromatic heterocycles. The Kier molecular flexibility index (Phi) is 10.5. The summed E-state index contributed by atoms with van der Waals surface area (Å²) >= 11 is 0. The van der Waals surface area contributed by atoms with Gasteiger partial charge in [0.25, 0.3) is 0 Å². The van der Waals surface area contributed by atoms with Crippen LogP contribution in [0.25, 0.3) is 133 Å². The molecule has 0 bridgehead atoms. The number of nitrogens with zero attached hydrogens (tertiary/aromatic N) is 4. The summed E-state index contributed by atoms with van der Waals surface area (Å²) in [6, 6.07) is 100. The van der Waals surface area contributed by atoms with Crippen LogP contribution in [0.4, 0.5) is 0 Å². The van der Waals surface area contributed by atoms with Crippen molar-refractivity contribution in [3.63, 3.8) is 0 Å². The van der Waals surface area contributed by atoms with Crippen LogP contribution in [0.2, 0.25) is 0 Å². The van der Waals surface area contributed by atoms with Crippen LogP contribution in [0.5, 0.6) is 0 Å². The van der Waals surface area contributed by atoms with Crippen LogP contribution in [0.15, 0.2) is 279 Å². The molecule has 0 aliphatic carbocycles. The summed E-state index contributed by atoms with van der Waals surface area (Å²) in [5.41, 5.74) is 20.0. The van der Waals surface area contributed by atoms with Crippen LogP contribution in [-0.2, 0) is 0 Å². The van der Waals surface area contributed by atoms with E-state index in [-0.39, 0.29) is 0 Å². The number of imidazole rings is 2. The molecule has 2 heterocycles. The SMILES string of the molecule is c1ccc(-c2c3ccc(-c4ccc5c(c4)nc(-c4ccccc4)n5-c4ccccc4)cc3c(-c3ccccc3)c3ccc(-c4cccc(-c5ccc6c(c5)nc(-c5ccccc5)n6-c5ccccc5)c4)cc23)cc1. The van der Waals surface area contributed by atoms with Gasteiger partial charge in [0.1, 0.15) is 11.6 Å². The molecule has 346 valence electrons. The maximum Gasteiger partial charge on any atom is 0.145 e. The van der Waals surface area contributed by atoms with Crippen LogP contribution >= 0.6 is 0 Å². The molecule has 0 radical (unpaired) electrons. The van der Waals surface area contributed by atoms with Gasteiger partial charge in [0, 0.05) is 22.5 Å². The van der Waals surface area contributed by atoms with E-state index in [1.54, 1.807) is 0 Å². The first-order valence-electron chi connectivity index (χ1n) is 25.2. The molecule has 14 aromatic rings. The minimum atomic E-state index is 0.921. The smallest absolute Gasteiger partial charge is 0.145 e. The summed E-state index contributed by atoms with van der Waals surface area (Å²) in [5.74, 6) is 1.85. The summed E-state index contributed by atoms with van der Waals surface area (Å²) in [6.07, 6.45) is 0. The molecule has 0 spiro atoms. The molecular weight excluding hydrogens is 897 g/mol. The Labute approximate surface area is 429 Å². The third kappa shape index (κ3) is 7.48. The van der Waals surface area contributed by atoms with E-state index in [4.69, 9.17) is 9.97 Å². The van der Waals surface area contributed by atoms with Crippen molar-refractivity contribution in [2.75, 3.05) is 0 Å². The highest BCUT2D eigenvalue weighted by atomic mass is 15.1. The van der Waals surface area contributed by atoms with Gasteiger partial charge in [-0.3, -0.25) is 9.13 Å². The molecule has 0 amide bonds. The van der Waals surface area contributed by atoms with Crippen molar-refractivity contribution in [1.29, 1.82) is 0 Å². The standard InChI is InChI=1S/C70H46N4/c1-7-20-47(21-8-1)67-60-39-35-54(56-37-41-66-64(46-56)72-70(50-26-13-4-14-27-50)74(66)58-32-17-6-18-33-58)44-62(60)68(48-22-9-2-10-23-48)59-38-34-53(43-61(59)67)51-28-19-29-52(42-51)55-36-40-65-63(45-55)71-69(49-24-11-3-12-25-49)73(65)57-30-15-5-16-31-57/h1-46H. The molecule has 0 fully saturated rings. The van der Waals surface area contributed by atoms with Crippen LogP contribution < -0.4 is 0 Å². The van der Waals surface area contributed by atoms with Gasteiger partial charge in [-0.25, -0.2) is 9.97 Å². The highest BCUT2D eigenvalue weighted by Crippen LogP contribution is 2.46. The first-order chi connectivity index (χ1) is 36.7. The van der Waals surface area contributed by atoms with Crippen molar-refractivity contribution in [2.24, 2.45) is 0 Å². The van der Waals surface area contributed by atoms with Gasteiger partial charge in [-0.2, -0.15) is 0 Å². The van der Waals surface area contributed by atoms with Gasteiger partial charge in [0.15, 0.2) is 0 Å². The Bertz CT molecular complexity index is 4370. The fraction of sp³-hybridized carbons (Fsp3) is 0. The van der Waals surface area contributed by atoms with Gasteiger partial charge in [-0.15, -0.1) is 0 Å². The zero-order valence-electron chi connectivity index (χ0n) is 40.3. The first-order valence-corrected chi connectivity index (χ1v) is 25.2. The zero-order chi connectivity index (χ0) is 49.0. The molecule has 4 nitrogen and oxygen atoms in total. The average molecular weight is 943 g/mol. The van der Waals surface area contributed by atoms with E-state index in [1.807, 2.05) is 0 Å². The summed E-state index contributed by atoms with van der Waals surface area (Å²) in [6.45, 7) is 0. The Morgan fingerprint density at radius 1 is 0.216 bits per heavy atom. The van der Waals surface area contributed by atoms with Gasteiger partial charge in [0.2, 0.25) is 0 Å². The van der Waals surface area contributed by atoms with Crippen molar-refractivity contribution in [2.45, 2.75) is 0 Å². The molecule has 0 aliphatic heterocycles. The third-order valence-electron chi connectivity index (χ3n) is 14.5. The zero-order valence-corrected chi connectivity index (χ0v) is 40.3. The summed E-state index contributed by atoms with van der Waals surface area (Å²) < 4.78 is 4.54. The van der Waals surface area contributed by atoms with E-state index < -0.39 is 0 Å². The van der Waals surface area contributed by atoms with Crippen LogP contribution in [-0.4, -0.2) is 19.1 Å². The molecule has 0 saturated carbocycles. The molecule has 0 saturated heterocycles.